The van der Waals surface area contributed by atoms with Gasteiger partial charge in [0.1, 0.15) is 5.82 Å². The molecule has 0 amide bonds. The molecule has 7 heteroatoms. The van der Waals surface area contributed by atoms with Crippen LogP contribution < -0.4 is 10.6 Å². The lowest BCUT2D eigenvalue weighted by Crippen LogP contribution is -2.23. The lowest BCUT2D eigenvalue weighted by molar-refractivity contribution is -0.137. The van der Waals surface area contributed by atoms with E-state index in [-0.39, 0.29) is 0 Å². The van der Waals surface area contributed by atoms with E-state index in [1.54, 1.807) is 0 Å². The molecule has 1 aliphatic carbocycles. The standard InChI is InChI=1S/C21H21F3N4/c22-21(23,24)14-10-12-16(13-11-14)26-20-27-18-9-5-4-8-17(18)19(28-20)25-15-6-2-1-3-7-15/h4-5,8-13,15H,1-3,6-7H2,(H2,25,26,27,28). The molecule has 1 saturated carbocycles. The Morgan fingerprint density at radius 3 is 2.29 bits per heavy atom. The Morgan fingerprint density at radius 1 is 0.857 bits per heavy atom. The molecule has 2 N–H and O–H groups in total. The lowest BCUT2D eigenvalue weighted by Gasteiger charge is -2.24. The van der Waals surface area contributed by atoms with E-state index < -0.39 is 11.7 Å². The van der Waals surface area contributed by atoms with Crippen LogP contribution in [0.4, 0.5) is 30.6 Å². The van der Waals surface area contributed by atoms with Crippen LogP contribution in [-0.4, -0.2) is 16.0 Å². The van der Waals surface area contributed by atoms with Crippen molar-refractivity contribution in [1.82, 2.24) is 9.97 Å². The molecule has 0 unspecified atom stereocenters. The Balaban J connectivity index is 1.61. The Morgan fingerprint density at radius 2 is 1.57 bits per heavy atom. The topological polar surface area (TPSA) is 49.8 Å². The van der Waals surface area contributed by atoms with Crippen LogP contribution in [0.15, 0.2) is 48.5 Å². The molecule has 0 aliphatic heterocycles. The molecule has 28 heavy (non-hydrogen) atoms. The van der Waals surface area contributed by atoms with Crippen LogP contribution in [0.5, 0.6) is 0 Å². The van der Waals surface area contributed by atoms with Gasteiger partial charge in [0.15, 0.2) is 0 Å². The number of nitrogens with one attached hydrogen (secondary N) is 2. The van der Waals surface area contributed by atoms with Crippen LogP contribution in [-0.2, 0) is 6.18 Å². The summed E-state index contributed by atoms with van der Waals surface area (Å²) in [6.07, 6.45) is 1.55. The summed E-state index contributed by atoms with van der Waals surface area (Å²) in [7, 11) is 0. The third-order valence-corrected chi connectivity index (χ3v) is 5.02. The summed E-state index contributed by atoms with van der Waals surface area (Å²) >= 11 is 0. The number of para-hydroxylation sites is 1. The van der Waals surface area contributed by atoms with Crippen LogP contribution in [0.25, 0.3) is 10.9 Å². The number of anilines is 3. The molecule has 4 rings (SSSR count). The molecule has 1 heterocycles. The number of fused-ring (bicyclic) bond motifs is 1. The monoisotopic (exact) mass is 386 g/mol. The minimum atomic E-state index is -4.35. The van der Waals surface area contributed by atoms with Gasteiger partial charge < -0.3 is 10.6 Å². The van der Waals surface area contributed by atoms with Crippen molar-refractivity contribution < 1.29 is 13.2 Å². The van der Waals surface area contributed by atoms with E-state index in [9.17, 15) is 13.2 Å². The van der Waals surface area contributed by atoms with Gasteiger partial charge in [0, 0.05) is 17.1 Å². The zero-order chi connectivity index (χ0) is 19.6. The smallest absolute Gasteiger partial charge is 0.367 e. The number of hydrogen-bond acceptors (Lipinski definition) is 4. The maximum atomic E-state index is 12.7. The van der Waals surface area contributed by atoms with Crippen molar-refractivity contribution in [3.05, 3.63) is 54.1 Å². The van der Waals surface area contributed by atoms with Gasteiger partial charge in [-0.05, 0) is 49.2 Å². The van der Waals surface area contributed by atoms with Crippen LogP contribution in [0, 0.1) is 0 Å². The minimum absolute atomic E-state index is 0.358. The van der Waals surface area contributed by atoms with E-state index in [0.29, 0.717) is 17.7 Å². The van der Waals surface area contributed by atoms with E-state index >= 15 is 0 Å². The van der Waals surface area contributed by atoms with Gasteiger partial charge >= 0.3 is 6.18 Å². The quantitative estimate of drug-likeness (QED) is 0.566. The Bertz CT molecular complexity index is 948. The van der Waals surface area contributed by atoms with Crippen molar-refractivity contribution in [3.63, 3.8) is 0 Å². The molecule has 1 fully saturated rings. The van der Waals surface area contributed by atoms with E-state index in [0.717, 1.165) is 41.7 Å². The molecule has 0 saturated heterocycles. The maximum Gasteiger partial charge on any atom is 0.416 e. The highest BCUT2D eigenvalue weighted by atomic mass is 19.4. The first-order valence-electron chi connectivity index (χ1n) is 9.47. The Kier molecular flexibility index (Phi) is 5.07. The molecular weight excluding hydrogens is 365 g/mol. The van der Waals surface area contributed by atoms with Crippen molar-refractivity contribution in [2.75, 3.05) is 10.6 Å². The van der Waals surface area contributed by atoms with E-state index in [1.165, 1.54) is 31.4 Å². The van der Waals surface area contributed by atoms with Crippen molar-refractivity contribution in [1.29, 1.82) is 0 Å². The first kappa shape index (κ1) is 18.5. The Hall–Kier alpha value is -2.83. The first-order chi connectivity index (χ1) is 13.5. The summed E-state index contributed by atoms with van der Waals surface area (Å²) in [5, 5.41) is 7.50. The largest absolute Gasteiger partial charge is 0.416 e. The molecule has 146 valence electrons. The van der Waals surface area contributed by atoms with Crippen LogP contribution in [0.1, 0.15) is 37.7 Å². The summed E-state index contributed by atoms with van der Waals surface area (Å²) in [4.78, 5) is 9.12. The van der Waals surface area contributed by atoms with Gasteiger partial charge in [0.25, 0.3) is 0 Å². The highest BCUT2D eigenvalue weighted by Crippen LogP contribution is 2.31. The predicted molar refractivity (Wildman–Crippen MR) is 105 cm³/mol. The molecular formula is C21H21F3N4. The number of nitrogens with zero attached hydrogens (tertiary/aromatic N) is 2. The van der Waals surface area contributed by atoms with Crippen molar-refractivity contribution in [2.24, 2.45) is 0 Å². The zero-order valence-electron chi connectivity index (χ0n) is 15.3. The molecule has 1 aliphatic rings. The number of benzene rings is 2. The highest BCUT2D eigenvalue weighted by molar-refractivity contribution is 5.90. The zero-order valence-corrected chi connectivity index (χ0v) is 15.3. The van der Waals surface area contributed by atoms with Gasteiger partial charge in [-0.1, -0.05) is 31.4 Å². The van der Waals surface area contributed by atoms with Gasteiger partial charge in [-0.25, -0.2) is 4.98 Å². The molecule has 3 aromatic rings. The summed E-state index contributed by atoms with van der Waals surface area (Å²) in [6, 6.07) is 13.0. The Labute approximate surface area is 161 Å². The molecule has 0 radical (unpaired) electrons. The van der Waals surface area contributed by atoms with Gasteiger partial charge in [0.05, 0.1) is 11.1 Å². The van der Waals surface area contributed by atoms with Gasteiger partial charge in [-0.15, -0.1) is 0 Å². The van der Waals surface area contributed by atoms with Crippen molar-refractivity contribution >= 4 is 28.4 Å². The van der Waals surface area contributed by atoms with Crippen LogP contribution >= 0.6 is 0 Å². The fourth-order valence-electron chi connectivity index (χ4n) is 3.55. The third-order valence-electron chi connectivity index (χ3n) is 5.02. The van der Waals surface area contributed by atoms with E-state index in [2.05, 4.69) is 20.6 Å². The fraction of sp³-hybridized carbons (Fsp3) is 0.333. The maximum absolute atomic E-state index is 12.7. The van der Waals surface area contributed by atoms with Gasteiger partial charge in [0.2, 0.25) is 5.95 Å². The third kappa shape index (κ3) is 4.18. The molecule has 4 nitrogen and oxygen atoms in total. The fourth-order valence-corrected chi connectivity index (χ4v) is 3.55. The molecule has 0 atom stereocenters. The SMILES string of the molecule is FC(F)(F)c1ccc(Nc2nc(NC3CCCCC3)c3ccccc3n2)cc1. The van der Waals surface area contributed by atoms with E-state index in [1.807, 2.05) is 24.3 Å². The average molecular weight is 386 g/mol. The number of halogens is 3. The minimum Gasteiger partial charge on any atom is -0.367 e. The molecule has 2 aromatic carbocycles. The number of rotatable bonds is 4. The second-order valence-corrected chi connectivity index (χ2v) is 7.09. The van der Waals surface area contributed by atoms with Gasteiger partial charge in [-0.3, -0.25) is 0 Å². The second kappa shape index (κ2) is 7.66. The van der Waals surface area contributed by atoms with Crippen LogP contribution in [0.3, 0.4) is 0 Å². The van der Waals surface area contributed by atoms with Crippen molar-refractivity contribution in [2.45, 2.75) is 44.3 Å². The number of aromatic nitrogens is 2. The molecule has 1 aromatic heterocycles. The summed E-state index contributed by atoms with van der Waals surface area (Å²) in [5.74, 6) is 1.11. The van der Waals surface area contributed by atoms with Crippen LogP contribution in [0.2, 0.25) is 0 Å². The average Bonchev–Trinajstić information content (AvgIpc) is 2.68. The summed E-state index contributed by atoms with van der Waals surface area (Å²) in [5.41, 5.74) is 0.606. The van der Waals surface area contributed by atoms with Crippen molar-refractivity contribution in [3.8, 4) is 0 Å². The normalized spacial score (nSPS) is 15.5. The molecule has 0 spiro atoms. The highest BCUT2D eigenvalue weighted by Gasteiger charge is 2.30. The summed E-state index contributed by atoms with van der Waals surface area (Å²) < 4.78 is 38.2. The first-order valence-corrected chi connectivity index (χ1v) is 9.47. The second-order valence-electron chi connectivity index (χ2n) is 7.09. The van der Waals surface area contributed by atoms with Gasteiger partial charge in [-0.2, -0.15) is 18.2 Å². The lowest BCUT2D eigenvalue weighted by atomic mass is 9.95. The number of hydrogen-bond donors (Lipinski definition) is 2. The van der Waals surface area contributed by atoms with E-state index in [4.69, 9.17) is 0 Å². The number of alkyl halides is 3. The predicted octanol–water partition coefficient (Wildman–Crippen LogP) is 6.14. The molecule has 0 bridgehead atoms. The summed E-state index contributed by atoms with van der Waals surface area (Å²) in [6.45, 7) is 0.